The lowest BCUT2D eigenvalue weighted by Gasteiger charge is -2.05. The Kier molecular flexibility index (Phi) is 2.59. The Labute approximate surface area is 109 Å². The van der Waals surface area contributed by atoms with Crippen molar-refractivity contribution in [3.8, 4) is 0 Å². The predicted molar refractivity (Wildman–Crippen MR) is 71.1 cm³/mol. The van der Waals surface area contributed by atoms with E-state index in [9.17, 15) is 10.1 Å². The standard InChI is InChI=1S/C14H12N2O3/c1-10-8-11-4-2-3-5-13(11)15(10)9-12-6-7-14(19-12)16(17)18/h2-8H,9H2,1H3. The van der Waals surface area contributed by atoms with Gasteiger partial charge in [-0.15, -0.1) is 0 Å². The quantitative estimate of drug-likeness (QED) is 0.532. The summed E-state index contributed by atoms with van der Waals surface area (Å²) in [5, 5.41) is 11.8. The summed E-state index contributed by atoms with van der Waals surface area (Å²) in [5.41, 5.74) is 2.19. The van der Waals surface area contributed by atoms with E-state index < -0.39 is 4.92 Å². The molecular weight excluding hydrogens is 244 g/mol. The third kappa shape index (κ3) is 1.99. The molecule has 2 aromatic heterocycles. The van der Waals surface area contributed by atoms with Gasteiger partial charge in [0.05, 0.1) is 12.6 Å². The number of fused-ring (bicyclic) bond motifs is 1. The van der Waals surface area contributed by atoms with Gasteiger partial charge >= 0.3 is 5.88 Å². The van der Waals surface area contributed by atoms with Gasteiger partial charge in [-0.25, -0.2) is 0 Å². The van der Waals surface area contributed by atoms with Crippen LogP contribution in [0.5, 0.6) is 0 Å². The number of nitrogens with zero attached hydrogens (tertiary/aromatic N) is 2. The summed E-state index contributed by atoms with van der Waals surface area (Å²) in [4.78, 5) is 10.1. The third-order valence-electron chi connectivity index (χ3n) is 3.16. The summed E-state index contributed by atoms with van der Waals surface area (Å²) in [6, 6.07) is 13.2. The van der Waals surface area contributed by atoms with Crippen LogP contribution < -0.4 is 0 Å². The maximum Gasteiger partial charge on any atom is 0.433 e. The first kappa shape index (κ1) is 11.5. The van der Waals surface area contributed by atoms with Crippen LogP contribution in [0.2, 0.25) is 0 Å². The Morgan fingerprint density at radius 1 is 1.26 bits per heavy atom. The number of hydrogen-bond acceptors (Lipinski definition) is 3. The zero-order valence-electron chi connectivity index (χ0n) is 10.4. The van der Waals surface area contributed by atoms with Crippen molar-refractivity contribution in [2.45, 2.75) is 13.5 Å². The molecule has 0 saturated carbocycles. The molecule has 0 saturated heterocycles. The van der Waals surface area contributed by atoms with Crippen LogP contribution in [0, 0.1) is 17.0 Å². The maximum absolute atomic E-state index is 10.6. The second-order valence-electron chi connectivity index (χ2n) is 4.43. The Morgan fingerprint density at radius 3 is 2.79 bits per heavy atom. The lowest BCUT2D eigenvalue weighted by Crippen LogP contribution is -2.00. The van der Waals surface area contributed by atoms with Crippen molar-refractivity contribution in [1.82, 2.24) is 4.57 Å². The lowest BCUT2D eigenvalue weighted by molar-refractivity contribution is -0.402. The van der Waals surface area contributed by atoms with Crippen molar-refractivity contribution in [3.63, 3.8) is 0 Å². The minimum absolute atomic E-state index is 0.218. The first-order valence-corrected chi connectivity index (χ1v) is 5.93. The number of hydrogen-bond donors (Lipinski definition) is 0. The molecule has 0 unspecified atom stereocenters. The summed E-state index contributed by atoms with van der Waals surface area (Å²) in [5.74, 6) is 0.361. The van der Waals surface area contributed by atoms with Crippen LogP contribution in [-0.4, -0.2) is 9.49 Å². The molecule has 0 bridgehead atoms. The number of furan rings is 1. The topological polar surface area (TPSA) is 61.2 Å². The van der Waals surface area contributed by atoms with Gasteiger partial charge in [0.1, 0.15) is 10.7 Å². The van der Waals surface area contributed by atoms with E-state index in [4.69, 9.17) is 4.42 Å². The molecule has 3 rings (SSSR count). The number of aryl methyl sites for hydroxylation is 1. The summed E-state index contributed by atoms with van der Waals surface area (Å²) in [6.07, 6.45) is 0. The van der Waals surface area contributed by atoms with Crippen molar-refractivity contribution in [3.05, 3.63) is 64.0 Å². The summed E-state index contributed by atoms with van der Waals surface area (Å²) >= 11 is 0. The van der Waals surface area contributed by atoms with Crippen LogP contribution in [-0.2, 0) is 6.54 Å². The molecule has 0 aliphatic rings. The SMILES string of the molecule is Cc1cc2ccccc2n1Cc1ccc([N+](=O)[O-])o1. The van der Waals surface area contributed by atoms with Crippen molar-refractivity contribution in [2.75, 3.05) is 0 Å². The van der Waals surface area contributed by atoms with Crippen LogP contribution >= 0.6 is 0 Å². The third-order valence-corrected chi connectivity index (χ3v) is 3.16. The molecule has 2 heterocycles. The van der Waals surface area contributed by atoms with E-state index in [1.54, 1.807) is 6.07 Å². The molecule has 0 N–H and O–H groups in total. The summed E-state index contributed by atoms with van der Waals surface area (Å²) < 4.78 is 7.28. The van der Waals surface area contributed by atoms with Gasteiger partial charge in [0.15, 0.2) is 0 Å². The molecule has 0 aliphatic heterocycles. The van der Waals surface area contributed by atoms with Crippen LogP contribution in [0.3, 0.4) is 0 Å². The van der Waals surface area contributed by atoms with Crippen LogP contribution in [0.25, 0.3) is 10.9 Å². The van der Waals surface area contributed by atoms with Crippen molar-refractivity contribution in [2.24, 2.45) is 0 Å². The zero-order chi connectivity index (χ0) is 13.4. The highest BCUT2D eigenvalue weighted by molar-refractivity contribution is 5.81. The molecular formula is C14H12N2O3. The molecule has 5 nitrogen and oxygen atoms in total. The highest BCUT2D eigenvalue weighted by atomic mass is 16.6. The molecule has 0 aliphatic carbocycles. The van der Waals surface area contributed by atoms with Gasteiger partial charge < -0.3 is 8.98 Å². The molecule has 0 spiro atoms. The van der Waals surface area contributed by atoms with E-state index in [2.05, 4.69) is 10.6 Å². The van der Waals surface area contributed by atoms with Gasteiger partial charge in [0.2, 0.25) is 0 Å². The van der Waals surface area contributed by atoms with Gasteiger partial charge in [0.25, 0.3) is 0 Å². The Hall–Kier alpha value is -2.56. The maximum atomic E-state index is 10.6. The van der Waals surface area contributed by atoms with Crippen LogP contribution in [0.4, 0.5) is 5.88 Å². The Morgan fingerprint density at radius 2 is 2.05 bits per heavy atom. The summed E-state index contributed by atoms with van der Waals surface area (Å²) in [7, 11) is 0. The second-order valence-corrected chi connectivity index (χ2v) is 4.43. The Bertz CT molecular complexity index is 755. The number of para-hydroxylation sites is 1. The minimum atomic E-state index is -0.524. The first-order chi connectivity index (χ1) is 9.15. The minimum Gasteiger partial charge on any atom is -0.404 e. The molecule has 5 heteroatoms. The largest absolute Gasteiger partial charge is 0.433 e. The van der Waals surface area contributed by atoms with E-state index in [1.165, 1.54) is 6.07 Å². The van der Waals surface area contributed by atoms with Gasteiger partial charge in [0, 0.05) is 11.2 Å². The van der Waals surface area contributed by atoms with Crippen molar-refractivity contribution in [1.29, 1.82) is 0 Å². The van der Waals surface area contributed by atoms with Gasteiger partial charge in [-0.1, -0.05) is 18.2 Å². The average Bonchev–Trinajstić information content (AvgIpc) is 2.96. The van der Waals surface area contributed by atoms with E-state index in [0.29, 0.717) is 12.3 Å². The second kappa shape index (κ2) is 4.28. The van der Waals surface area contributed by atoms with Gasteiger partial charge in [-0.2, -0.15) is 0 Å². The number of nitro groups is 1. The van der Waals surface area contributed by atoms with Crippen molar-refractivity contribution < 1.29 is 9.34 Å². The molecule has 0 amide bonds. The highest BCUT2D eigenvalue weighted by Gasteiger charge is 2.13. The van der Waals surface area contributed by atoms with Crippen LogP contribution in [0.1, 0.15) is 11.5 Å². The first-order valence-electron chi connectivity index (χ1n) is 5.93. The van der Waals surface area contributed by atoms with Gasteiger partial charge in [-0.05, 0) is 30.5 Å². The van der Waals surface area contributed by atoms with E-state index in [1.807, 2.05) is 31.2 Å². The molecule has 0 fully saturated rings. The monoisotopic (exact) mass is 256 g/mol. The van der Waals surface area contributed by atoms with Crippen molar-refractivity contribution >= 4 is 16.8 Å². The van der Waals surface area contributed by atoms with E-state index in [-0.39, 0.29) is 5.88 Å². The van der Waals surface area contributed by atoms with Crippen LogP contribution in [0.15, 0.2) is 46.9 Å². The Balaban J connectivity index is 2.00. The lowest BCUT2D eigenvalue weighted by atomic mass is 10.2. The fraction of sp³-hybridized carbons (Fsp3) is 0.143. The summed E-state index contributed by atoms with van der Waals surface area (Å²) in [6.45, 7) is 2.50. The van der Waals surface area contributed by atoms with Gasteiger partial charge in [-0.3, -0.25) is 10.1 Å². The number of benzene rings is 1. The fourth-order valence-corrected chi connectivity index (χ4v) is 2.26. The molecule has 0 radical (unpaired) electrons. The number of rotatable bonds is 3. The normalized spacial score (nSPS) is 11.0. The highest BCUT2D eigenvalue weighted by Crippen LogP contribution is 2.22. The zero-order valence-corrected chi connectivity index (χ0v) is 10.4. The number of aromatic nitrogens is 1. The molecule has 3 aromatic rings. The van der Waals surface area contributed by atoms with E-state index >= 15 is 0 Å². The predicted octanol–water partition coefficient (Wildman–Crippen LogP) is 3.50. The smallest absolute Gasteiger partial charge is 0.404 e. The average molecular weight is 256 g/mol. The molecule has 0 atom stereocenters. The molecule has 19 heavy (non-hydrogen) atoms. The fourth-order valence-electron chi connectivity index (χ4n) is 2.26. The molecule has 1 aromatic carbocycles. The van der Waals surface area contributed by atoms with E-state index in [0.717, 1.165) is 16.6 Å². The molecule has 96 valence electrons.